The van der Waals surface area contributed by atoms with Crippen LogP contribution >= 0.6 is 0 Å². The quantitative estimate of drug-likeness (QED) is 0.701. The monoisotopic (exact) mass is 248 g/mol. The highest BCUT2D eigenvalue weighted by molar-refractivity contribution is 7.91. The molecule has 92 valence electrons. The average molecular weight is 248 g/mol. The molecule has 0 aromatic heterocycles. The van der Waals surface area contributed by atoms with Crippen LogP contribution in [0.2, 0.25) is 0 Å². The fraction of sp³-hybridized carbons (Fsp3) is 0.889. The van der Waals surface area contributed by atoms with Crippen LogP contribution in [0.1, 0.15) is 12.8 Å². The van der Waals surface area contributed by atoms with E-state index in [1.165, 1.54) is 4.90 Å². The minimum atomic E-state index is -3.01. The highest BCUT2D eigenvalue weighted by atomic mass is 32.2. The molecule has 0 aromatic carbocycles. The van der Waals surface area contributed by atoms with Crippen molar-refractivity contribution in [1.82, 2.24) is 4.90 Å². The van der Waals surface area contributed by atoms with Crippen LogP contribution < -0.4 is 5.73 Å². The van der Waals surface area contributed by atoms with Gasteiger partial charge in [-0.05, 0) is 12.8 Å². The van der Waals surface area contributed by atoms with E-state index in [1.54, 1.807) is 0 Å². The lowest BCUT2D eigenvalue weighted by molar-refractivity contribution is 0.145. The fourth-order valence-electron chi connectivity index (χ4n) is 2.32. The van der Waals surface area contributed by atoms with Crippen LogP contribution in [0.25, 0.3) is 0 Å². The first-order chi connectivity index (χ1) is 7.53. The third kappa shape index (κ3) is 2.15. The molecule has 7 heteroatoms. The smallest absolute Gasteiger partial charge is 0.410 e. The zero-order chi connectivity index (χ0) is 11.8. The lowest BCUT2D eigenvalue weighted by Gasteiger charge is -2.32. The fourth-order valence-corrected chi connectivity index (χ4v) is 4.00. The van der Waals surface area contributed by atoms with E-state index in [1.807, 2.05) is 0 Å². The number of carbonyl (C=O) groups excluding carboxylic acids is 1. The van der Waals surface area contributed by atoms with Gasteiger partial charge in [0.2, 0.25) is 0 Å². The van der Waals surface area contributed by atoms with Gasteiger partial charge in [-0.25, -0.2) is 13.2 Å². The lowest BCUT2D eigenvalue weighted by atomic mass is 10.1. The first-order valence-corrected chi connectivity index (χ1v) is 7.21. The SMILES string of the molecule is NCC1COC(=O)N1C1CCCS(=O)(=O)C1. The second-order valence-corrected chi connectivity index (χ2v) is 6.51. The number of rotatable bonds is 2. The largest absolute Gasteiger partial charge is 0.447 e. The van der Waals surface area contributed by atoms with Crippen molar-refractivity contribution < 1.29 is 17.9 Å². The number of nitrogens with two attached hydrogens (primary N) is 1. The van der Waals surface area contributed by atoms with Crippen molar-refractivity contribution in [2.75, 3.05) is 24.7 Å². The van der Waals surface area contributed by atoms with Gasteiger partial charge in [-0.2, -0.15) is 0 Å². The number of amides is 1. The van der Waals surface area contributed by atoms with Gasteiger partial charge in [-0.1, -0.05) is 0 Å². The summed E-state index contributed by atoms with van der Waals surface area (Å²) in [5, 5.41) is 0. The van der Waals surface area contributed by atoms with Gasteiger partial charge in [0, 0.05) is 12.6 Å². The second kappa shape index (κ2) is 4.21. The first-order valence-electron chi connectivity index (χ1n) is 5.39. The van der Waals surface area contributed by atoms with E-state index >= 15 is 0 Å². The van der Waals surface area contributed by atoms with Gasteiger partial charge < -0.3 is 10.5 Å². The van der Waals surface area contributed by atoms with Gasteiger partial charge in [0.1, 0.15) is 6.61 Å². The molecule has 6 nitrogen and oxygen atoms in total. The Bertz CT molecular complexity index is 381. The maximum Gasteiger partial charge on any atom is 0.410 e. The van der Waals surface area contributed by atoms with Crippen molar-refractivity contribution in [3.8, 4) is 0 Å². The van der Waals surface area contributed by atoms with Crippen LogP contribution in [0.15, 0.2) is 0 Å². The number of cyclic esters (lactones) is 1. The zero-order valence-corrected chi connectivity index (χ0v) is 9.78. The van der Waals surface area contributed by atoms with E-state index in [0.29, 0.717) is 19.4 Å². The van der Waals surface area contributed by atoms with Crippen molar-refractivity contribution in [1.29, 1.82) is 0 Å². The Morgan fingerprint density at radius 2 is 2.25 bits per heavy atom. The lowest BCUT2D eigenvalue weighted by Crippen LogP contribution is -2.50. The Balaban J connectivity index is 2.14. The van der Waals surface area contributed by atoms with Crippen molar-refractivity contribution in [2.24, 2.45) is 5.73 Å². The summed E-state index contributed by atoms with van der Waals surface area (Å²) in [6, 6.07) is -0.437. The van der Waals surface area contributed by atoms with Crippen LogP contribution in [0.5, 0.6) is 0 Å². The topological polar surface area (TPSA) is 89.7 Å². The number of hydrogen-bond acceptors (Lipinski definition) is 5. The molecule has 2 aliphatic heterocycles. The molecule has 16 heavy (non-hydrogen) atoms. The molecule has 2 atom stereocenters. The summed E-state index contributed by atoms with van der Waals surface area (Å²) >= 11 is 0. The molecule has 0 aromatic rings. The molecule has 0 bridgehead atoms. The molecule has 0 spiro atoms. The Labute approximate surface area is 94.6 Å². The van der Waals surface area contributed by atoms with Gasteiger partial charge in [0.15, 0.2) is 9.84 Å². The predicted octanol–water partition coefficient (Wildman–Crippen LogP) is -0.657. The summed E-state index contributed by atoms with van der Waals surface area (Å²) in [5.74, 6) is 0.262. The van der Waals surface area contributed by atoms with Crippen LogP contribution in [0.4, 0.5) is 4.79 Å². The number of sulfone groups is 1. The molecule has 2 N–H and O–H groups in total. The van der Waals surface area contributed by atoms with Crippen LogP contribution in [-0.2, 0) is 14.6 Å². The molecule has 0 radical (unpaired) electrons. The van der Waals surface area contributed by atoms with Crippen molar-refractivity contribution >= 4 is 15.9 Å². The molecular formula is C9H16N2O4S. The van der Waals surface area contributed by atoms with Crippen LogP contribution in [0.3, 0.4) is 0 Å². The third-order valence-electron chi connectivity index (χ3n) is 3.11. The van der Waals surface area contributed by atoms with Crippen LogP contribution in [0, 0.1) is 0 Å². The molecule has 2 unspecified atom stereocenters. The van der Waals surface area contributed by atoms with E-state index in [0.717, 1.165) is 0 Å². The van der Waals surface area contributed by atoms with E-state index < -0.39 is 15.9 Å². The number of hydrogen-bond donors (Lipinski definition) is 1. The van der Waals surface area contributed by atoms with Crippen molar-refractivity contribution in [3.63, 3.8) is 0 Å². The highest BCUT2D eigenvalue weighted by Crippen LogP contribution is 2.23. The van der Waals surface area contributed by atoms with Gasteiger partial charge in [0.25, 0.3) is 0 Å². The first kappa shape index (κ1) is 11.7. The summed E-state index contributed by atoms with van der Waals surface area (Å²) in [6.45, 7) is 0.578. The Morgan fingerprint density at radius 3 is 2.88 bits per heavy atom. The molecule has 2 heterocycles. The van der Waals surface area contributed by atoms with E-state index in [2.05, 4.69) is 0 Å². The van der Waals surface area contributed by atoms with E-state index in [4.69, 9.17) is 10.5 Å². The standard InChI is InChI=1S/C9H16N2O4S/c10-4-8-5-15-9(12)11(8)7-2-1-3-16(13,14)6-7/h7-8H,1-6,10H2. The summed E-state index contributed by atoms with van der Waals surface area (Å²) in [6.07, 6.45) is 0.886. The molecule has 0 saturated carbocycles. The van der Waals surface area contributed by atoms with Crippen molar-refractivity contribution in [3.05, 3.63) is 0 Å². The van der Waals surface area contributed by atoms with Gasteiger partial charge >= 0.3 is 6.09 Å². The van der Waals surface area contributed by atoms with E-state index in [9.17, 15) is 13.2 Å². The summed E-state index contributed by atoms with van der Waals surface area (Å²) in [4.78, 5) is 13.0. The van der Waals surface area contributed by atoms with E-state index in [-0.39, 0.29) is 30.2 Å². The summed E-state index contributed by atoms with van der Waals surface area (Å²) in [7, 11) is -3.01. The van der Waals surface area contributed by atoms with Gasteiger partial charge in [0.05, 0.1) is 17.5 Å². The summed E-state index contributed by atoms with van der Waals surface area (Å²) < 4.78 is 27.9. The molecular weight excluding hydrogens is 232 g/mol. The Hall–Kier alpha value is -0.820. The molecule has 2 fully saturated rings. The third-order valence-corrected chi connectivity index (χ3v) is 4.91. The molecule has 2 aliphatic rings. The molecule has 2 rings (SSSR count). The average Bonchev–Trinajstić information content (AvgIpc) is 2.58. The maximum absolute atomic E-state index is 11.5. The second-order valence-electron chi connectivity index (χ2n) is 4.28. The van der Waals surface area contributed by atoms with Crippen LogP contribution in [-0.4, -0.2) is 56.2 Å². The highest BCUT2D eigenvalue weighted by Gasteiger charge is 2.40. The predicted molar refractivity (Wildman–Crippen MR) is 57.7 cm³/mol. The normalized spacial score (nSPS) is 33.8. The number of nitrogens with zero attached hydrogens (tertiary/aromatic N) is 1. The minimum absolute atomic E-state index is 0.0403. The molecule has 0 aliphatic carbocycles. The number of ether oxygens (including phenoxy) is 1. The van der Waals surface area contributed by atoms with Gasteiger partial charge in [-0.3, -0.25) is 4.90 Å². The Morgan fingerprint density at radius 1 is 1.50 bits per heavy atom. The zero-order valence-electron chi connectivity index (χ0n) is 8.96. The molecule has 1 amide bonds. The Kier molecular flexibility index (Phi) is 3.07. The minimum Gasteiger partial charge on any atom is -0.447 e. The number of carbonyl (C=O) groups is 1. The van der Waals surface area contributed by atoms with Crippen molar-refractivity contribution in [2.45, 2.75) is 24.9 Å². The molecule has 2 saturated heterocycles. The van der Waals surface area contributed by atoms with Gasteiger partial charge in [-0.15, -0.1) is 0 Å². The summed E-state index contributed by atoms with van der Waals surface area (Å²) in [5.41, 5.74) is 5.54. The maximum atomic E-state index is 11.5.